The average molecular weight is 293 g/mol. The third kappa shape index (κ3) is 3.34. The van der Waals surface area contributed by atoms with E-state index in [0.29, 0.717) is 5.41 Å². The maximum atomic E-state index is 4.77. The molecule has 2 aliphatic rings. The van der Waals surface area contributed by atoms with Crippen LogP contribution in [-0.4, -0.2) is 38.8 Å². The van der Waals surface area contributed by atoms with Gasteiger partial charge in [0.2, 0.25) is 0 Å². The summed E-state index contributed by atoms with van der Waals surface area (Å²) in [6.45, 7) is 1.88. The zero-order chi connectivity index (χ0) is 13.8. The Hall–Kier alpha value is -1.04. The topological polar surface area (TPSA) is 55.1 Å². The molecule has 0 atom stereocenters. The Bertz CT molecular complexity index is 476. The molecule has 0 amide bonds. The molecule has 3 rings (SSSR count). The third-order valence-electron chi connectivity index (χ3n) is 4.26. The monoisotopic (exact) mass is 293 g/mol. The van der Waals surface area contributed by atoms with E-state index in [4.69, 9.17) is 4.99 Å². The van der Waals surface area contributed by atoms with E-state index in [1.54, 1.807) is 11.0 Å². The van der Waals surface area contributed by atoms with Crippen molar-refractivity contribution in [3.05, 3.63) is 12.2 Å². The van der Waals surface area contributed by atoms with Gasteiger partial charge in [0.05, 0.1) is 0 Å². The minimum atomic E-state index is 0.511. The van der Waals surface area contributed by atoms with Crippen molar-refractivity contribution in [3.63, 3.8) is 0 Å². The van der Waals surface area contributed by atoms with Crippen LogP contribution < -0.4 is 5.32 Å². The first-order valence-electron chi connectivity index (χ1n) is 7.51. The van der Waals surface area contributed by atoms with E-state index >= 15 is 0 Å². The zero-order valence-corrected chi connectivity index (χ0v) is 13.0. The number of aryl methyl sites for hydroxylation is 1. The predicted molar refractivity (Wildman–Crippen MR) is 83.0 cm³/mol. The van der Waals surface area contributed by atoms with E-state index in [1.807, 2.05) is 18.8 Å². The molecule has 0 unspecified atom stereocenters. The average Bonchev–Trinajstić information content (AvgIpc) is 2.88. The maximum absolute atomic E-state index is 4.77. The molecule has 1 spiro atoms. The van der Waals surface area contributed by atoms with Gasteiger partial charge in [0.1, 0.15) is 6.33 Å². The number of rotatable bonds is 3. The predicted octanol–water partition coefficient (Wildman–Crippen LogP) is 2.00. The van der Waals surface area contributed by atoms with Crippen molar-refractivity contribution in [3.8, 4) is 0 Å². The molecule has 110 valence electrons. The number of amidine groups is 1. The van der Waals surface area contributed by atoms with Crippen LogP contribution in [0.25, 0.3) is 0 Å². The molecule has 0 aromatic carbocycles. The highest BCUT2D eigenvalue weighted by molar-refractivity contribution is 8.13. The van der Waals surface area contributed by atoms with Crippen LogP contribution in [0, 0.1) is 5.41 Å². The van der Waals surface area contributed by atoms with E-state index in [9.17, 15) is 0 Å². The zero-order valence-electron chi connectivity index (χ0n) is 12.1. The van der Waals surface area contributed by atoms with Gasteiger partial charge in [-0.2, -0.15) is 5.10 Å². The fraction of sp³-hybridized carbons (Fsp3) is 0.786. The molecule has 1 aliphatic heterocycles. The second-order valence-electron chi connectivity index (χ2n) is 5.98. The van der Waals surface area contributed by atoms with E-state index in [0.717, 1.165) is 30.5 Å². The summed E-state index contributed by atoms with van der Waals surface area (Å²) in [7, 11) is 1.90. The molecule has 1 fully saturated rings. The first-order valence-corrected chi connectivity index (χ1v) is 8.50. The lowest BCUT2D eigenvalue weighted by molar-refractivity contribution is 0.232. The van der Waals surface area contributed by atoms with Crippen LogP contribution >= 0.6 is 11.8 Å². The Balaban J connectivity index is 1.45. The Morgan fingerprint density at radius 2 is 2.20 bits per heavy atom. The van der Waals surface area contributed by atoms with Gasteiger partial charge in [0.25, 0.3) is 0 Å². The molecule has 1 aromatic heterocycles. The summed E-state index contributed by atoms with van der Waals surface area (Å²) in [5.74, 6) is 2.13. The molecule has 1 aliphatic carbocycles. The highest BCUT2D eigenvalue weighted by atomic mass is 32.2. The number of thioether (sulfide) groups is 1. The van der Waals surface area contributed by atoms with Crippen LogP contribution in [0.5, 0.6) is 0 Å². The Morgan fingerprint density at radius 1 is 1.35 bits per heavy atom. The van der Waals surface area contributed by atoms with Crippen LogP contribution in [0.4, 0.5) is 0 Å². The van der Waals surface area contributed by atoms with Gasteiger partial charge in [-0.15, -0.1) is 0 Å². The number of nitrogens with one attached hydrogen (secondary N) is 1. The van der Waals surface area contributed by atoms with Crippen molar-refractivity contribution in [2.45, 2.75) is 38.5 Å². The highest BCUT2D eigenvalue weighted by Crippen LogP contribution is 2.41. The van der Waals surface area contributed by atoms with Gasteiger partial charge in [0, 0.05) is 32.3 Å². The standard InChI is InChI=1S/C14H23N5S/c1-19-11-17-12(18-19)5-8-15-13-16-9-14(10-20-13)6-3-2-4-7-14/h11H,2-10H2,1H3,(H,15,16). The quantitative estimate of drug-likeness (QED) is 0.926. The van der Waals surface area contributed by atoms with Crippen molar-refractivity contribution in [2.24, 2.45) is 17.5 Å². The summed E-state index contributed by atoms with van der Waals surface area (Å²) >= 11 is 1.90. The van der Waals surface area contributed by atoms with Crippen LogP contribution in [-0.2, 0) is 13.5 Å². The van der Waals surface area contributed by atoms with Gasteiger partial charge < -0.3 is 5.32 Å². The molecule has 5 nitrogen and oxygen atoms in total. The molecule has 20 heavy (non-hydrogen) atoms. The van der Waals surface area contributed by atoms with Gasteiger partial charge in [0.15, 0.2) is 11.0 Å². The Kier molecular flexibility index (Phi) is 4.29. The number of hydrogen-bond donors (Lipinski definition) is 1. The molecule has 1 saturated carbocycles. The summed E-state index contributed by atoms with van der Waals surface area (Å²) in [5, 5.41) is 8.81. The number of hydrogen-bond acceptors (Lipinski definition) is 5. The smallest absolute Gasteiger partial charge is 0.156 e. The summed E-state index contributed by atoms with van der Waals surface area (Å²) < 4.78 is 1.75. The van der Waals surface area contributed by atoms with Crippen LogP contribution in [0.1, 0.15) is 37.9 Å². The molecule has 6 heteroatoms. The fourth-order valence-electron chi connectivity index (χ4n) is 3.04. The maximum Gasteiger partial charge on any atom is 0.156 e. The first-order chi connectivity index (χ1) is 9.76. The highest BCUT2D eigenvalue weighted by Gasteiger charge is 2.34. The molecule has 0 radical (unpaired) electrons. The van der Waals surface area contributed by atoms with Crippen molar-refractivity contribution in [1.29, 1.82) is 0 Å². The van der Waals surface area contributed by atoms with Gasteiger partial charge in [-0.25, -0.2) is 4.98 Å². The summed E-state index contributed by atoms with van der Waals surface area (Å²) in [6.07, 6.45) is 9.54. The molecule has 1 aromatic rings. The number of aliphatic imine (C=N–C) groups is 1. The van der Waals surface area contributed by atoms with E-state index in [-0.39, 0.29) is 0 Å². The first kappa shape index (κ1) is 13.9. The van der Waals surface area contributed by atoms with Crippen LogP contribution in [0.15, 0.2) is 11.3 Å². The lowest BCUT2D eigenvalue weighted by Gasteiger charge is -2.38. The van der Waals surface area contributed by atoms with E-state index < -0.39 is 0 Å². The molecule has 0 bridgehead atoms. The van der Waals surface area contributed by atoms with Gasteiger partial charge >= 0.3 is 0 Å². The third-order valence-corrected chi connectivity index (χ3v) is 5.56. The minimum absolute atomic E-state index is 0.511. The van der Waals surface area contributed by atoms with Crippen LogP contribution in [0.3, 0.4) is 0 Å². The Morgan fingerprint density at radius 3 is 2.85 bits per heavy atom. The molecule has 1 N–H and O–H groups in total. The Labute approximate surface area is 124 Å². The van der Waals surface area contributed by atoms with Crippen molar-refractivity contribution in [1.82, 2.24) is 20.1 Å². The summed E-state index contributed by atoms with van der Waals surface area (Å²) in [6, 6.07) is 0. The molecular formula is C14H23N5S. The largest absolute Gasteiger partial charge is 0.364 e. The van der Waals surface area contributed by atoms with E-state index in [2.05, 4.69) is 15.4 Å². The van der Waals surface area contributed by atoms with Crippen molar-refractivity contribution in [2.75, 3.05) is 18.8 Å². The second-order valence-corrected chi connectivity index (χ2v) is 6.95. The van der Waals surface area contributed by atoms with Crippen molar-refractivity contribution < 1.29 is 0 Å². The lowest BCUT2D eigenvalue weighted by Crippen LogP contribution is -2.37. The number of nitrogens with zero attached hydrogens (tertiary/aromatic N) is 4. The van der Waals surface area contributed by atoms with Gasteiger partial charge in [-0.3, -0.25) is 9.67 Å². The van der Waals surface area contributed by atoms with E-state index in [1.165, 1.54) is 37.9 Å². The normalized spacial score (nSPS) is 21.8. The second kappa shape index (κ2) is 6.16. The SMILES string of the molecule is Cn1cnc(CCNC2=NCC3(CCCCC3)CS2)n1. The lowest BCUT2D eigenvalue weighted by atomic mass is 9.75. The molecular weight excluding hydrogens is 270 g/mol. The van der Waals surface area contributed by atoms with Crippen LogP contribution in [0.2, 0.25) is 0 Å². The van der Waals surface area contributed by atoms with Gasteiger partial charge in [-0.1, -0.05) is 31.0 Å². The summed E-state index contributed by atoms with van der Waals surface area (Å²) in [4.78, 5) is 9.00. The molecule has 2 heterocycles. The summed E-state index contributed by atoms with van der Waals surface area (Å²) in [5.41, 5.74) is 0.511. The minimum Gasteiger partial charge on any atom is -0.364 e. The van der Waals surface area contributed by atoms with Gasteiger partial charge in [-0.05, 0) is 18.3 Å². The van der Waals surface area contributed by atoms with Crippen molar-refractivity contribution >= 4 is 16.9 Å². The number of aromatic nitrogens is 3. The molecule has 0 saturated heterocycles. The fourth-order valence-corrected chi connectivity index (χ4v) is 4.23.